The van der Waals surface area contributed by atoms with Gasteiger partial charge in [0.05, 0.1) is 18.8 Å². The number of hydrogen-bond acceptors (Lipinski definition) is 3. The van der Waals surface area contributed by atoms with E-state index in [9.17, 15) is 0 Å². The van der Waals surface area contributed by atoms with E-state index in [0.29, 0.717) is 12.7 Å². The quantitative estimate of drug-likeness (QED) is 0.870. The highest BCUT2D eigenvalue weighted by atomic mass is 16.5. The van der Waals surface area contributed by atoms with Gasteiger partial charge in [-0.1, -0.05) is 29.8 Å². The monoisotopic (exact) mass is 235 g/mol. The number of nitrogens with two attached hydrogens (primary N) is 1. The molecular formula is C14H21NO2. The van der Waals surface area contributed by atoms with Gasteiger partial charge in [0.15, 0.2) is 0 Å². The number of aryl methyl sites for hydroxylation is 1. The minimum Gasteiger partial charge on any atom is -0.381 e. The standard InChI is InChI=1S/C14H21NO2/c1-11-2-4-12(5-3-11)14(15)10-17-13-6-8-16-9-7-13/h2-5,13-14H,6-10,15H2,1H3. The van der Waals surface area contributed by atoms with Crippen LogP contribution < -0.4 is 5.73 Å². The fourth-order valence-electron chi connectivity index (χ4n) is 1.99. The lowest BCUT2D eigenvalue weighted by Gasteiger charge is -2.24. The number of ether oxygens (including phenoxy) is 2. The molecule has 1 aliphatic heterocycles. The normalized spacial score (nSPS) is 19.2. The molecule has 94 valence electrons. The Morgan fingerprint density at radius 3 is 2.59 bits per heavy atom. The summed E-state index contributed by atoms with van der Waals surface area (Å²) in [5.74, 6) is 0. The van der Waals surface area contributed by atoms with E-state index in [4.69, 9.17) is 15.2 Å². The summed E-state index contributed by atoms with van der Waals surface area (Å²) in [6.45, 7) is 4.29. The van der Waals surface area contributed by atoms with E-state index < -0.39 is 0 Å². The first-order valence-corrected chi connectivity index (χ1v) is 6.27. The fraction of sp³-hybridized carbons (Fsp3) is 0.571. The molecule has 0 spiro atoms. The second-order valence-electron chi connectivity index (χ2n) is 4.66. The lowest BCUT2D eigenvalue weighted by molar-refractivity contribution is -0.0358. The summed E-state index contributed by atoms with van der Waals surface area (Å²) in [6, 6.07) is 8.30. The third-order valence-electron chi connectivity index (χ3n) is 3.19. The van der Waals surface area contributed by atoms with Crippen molar-refractivity contribution in [3.05, 3.63) is 35.4 Å². The van der Waals surface area contributed by atoms with Crippen molar-refractivity contribution in [2.24, 2.45) is 5.73 Å². The highest BCUT2D eigenvalue weighted by molar-refractivity contribution is 5.23. The summed E-state index contributed by atoms with van der Waals surface area (Å²) < 4.78 is 11.1. The van der Waals surface area contributed by atoms with Crippen molar-refractivity contribution in [3.63, 3.8) is 0 Å². The predicted molar refractivity (Wildman–Crippen MR) is 67.9 cm³/mol. The molecule has 2 rings (SSSR count). The summed E-state index contributed by atoms with van der Waals surface area (Å²) in [6.07, 6.45) is 2.29. The summed E-state index contributed by atoms with van der Waals surface area (Å²) in [5, 5.41) is 0. The second-order valence-corrected chi connectivity index (χ2v) is 4.66. The molecule has 2 N–H and O–H groups in total. The van der Waals surface area contributed by atoms with Crippen molar-refractivity contribution in [1.29, 1.82) is 0 Å². The Hall–Kier alpha value is -0.900. The van der Waals surface area contributed by atoms with Crippen molar-refractivity contribution in [2.45, 2.75) is 31.9 Å². The molecule has 17 heavy (non-hydrogen) atoms. The summed E-state index contributed by atoms with van der Waals surface area (Å²) in [4.78, 5) is 0. The maximum atomic E-state index is 6.11. The van der Waals surface area contributed by atoms with E-state index in [1.54, 1.807) is 0 Å². The molecule has 1 saturated heterocycles. The SMILES string of the molecule is Cc1ccc(C(N)COC2CCOCC2)cc1. The molecule has 0 saturated carbocycles. The van der Waals surface area contributed by atoms with Crippen LogP contribution in [0.25, 0.3) is 0 Å². The van der Waals surface area contributed by atoms with E-state index in [1.165, 1.54) is 5.56 Å². The second kappa shape index (κ2) is 6.15. The highest BCUT2D eigenvalue weighted by Crippen LogP contribution is 2.16. The van der Waals surface area contributed by atoms with Crippen molar-refractivity contribution in [1.82, 2.24) is 0 Å². The van der Waals surface area contributed by atoms with Crippen molar-refractivity contribution < 1.29 is 9.47 Å². The Bertz CT molecular complexity index is 331. The van der Waals surface area contributed by atoms with E-state index in [2.05, 4.69) is 31.2 Å². The van der Waals surface area contributed by atoms with Gasteiger partial charge in [-0.25, -0.2) is 0 Å². The predicted octanol–water partition coefficient (Wildman–Crippen LogP) is 2.19. The lowest BCUT2D eigenvalue weighted by atomic mass is 10.1. The van der Waals surface area contributed by atoms with Crippen molar-refractivity contribution in [2.75, 3.05) is 19.8 Å². The minimum atomic E-state index is -0.0292. The maximum Gasteiger partial charge on any atom is 0.0663 e. The number of rotatable bonds is 4. The molecule has 1 fully saturated rings. The summed E-state index contributed by atoms with van der Waals surface area (Å²) in [7, 11) is 0. The average Bonchev–Trinajstić information content (AvgIpc) is 2.38. The summed E-state index contributed by atoms with van der Waals surface area (Å²) >= 11 is 0. The average molecular weight is 235 g/mol. The summed E-state index contributed by atoms with van der Waals surface area (Å²) in [5.41, 5.74) is 8.50. The molecule has 1 unspecified atom stereocenters. The van der Waals surface area contributed by atoms with Crippen molar-refractivity contribution >= 4 is 0 Å². The zero-order chi connectivity index (χ0) is 12.1. The van der Waals surface area contributed by atoms with Crippen LogP contribution in [0.15, 0.2) is 24.3 Å². The Labute approximate surface area is 103 Å². The van der Waals surface area contributed by atoms with Gasteiger partial charge in [-0.3, -0.25) is 0 Å². The third-order valence-corrected chi connectivity index (χ3v) is 3.19. The molecule has 3 heteroatoms. The molecular weight excluding hydrogens is 214 g/mol. The van der Waals surface area contributed by atoms with Gasteiger partial charge < -0.3 is 15.2 Å². The van der Waals surface area contributed by atoms with Gasteiger partial charge in [-0.2, -0.15) is 0 Å². The first kappa shape index (κ1) is 12.6. The van der Waals surface area contributed by atoms with Gasteiger partial charge in [0.1, 0.15) is 0 Å². The molecule has 1 heterocycles. The largest absolute Gasteiger partial charge is 0.381 e. The van der Waals surface area contributed by atoms with Crippen LogP contribution in [-0.4, -0.2) is 25.9 Å². The zero-order valence-corrected chi connectivity index (χ0v) is 10.4. The molecule has 1 aromatic rings. The minimum absolute atomic E-state index is 0.0292. The third kappa shape index (κ3) is 3.80. The molecule has 0 amide bonds. The molecule has 1 atom stereocenters. The highest BCUT2D eigenvalue weighted by Gasteiger charge is 2.15. The molecule has 1 aliphatic rings. The van der Waals surface area contributed by atoms with Crippen molar-refractivity contribution in [3.8, 4) is 0 Å². The molecule has 0 radical (unpaired) electrons. The Balaban J connectivity index is 1.80. The number of benzene rings is 1. The van der Waals surface area contributed by atoms with Gasteiger partial charge in [-0.05, 0) is 25.3 Å². The topological polar surface area (TPSA) is 44.5 Å². The van der Waals surface area contributed by atoms with Crippen LogP contribution in [0, 0.1) is 6.92 Å². The van der Waals surface area contributed by atoms with E-state index in [1.807, 2.05) is 0 Å². The first-order chi connectivity index (χ1) is 8.25. The van der Waals surface area contributed by atoms with Crippen LogP contribution in [0.5, 0.6) is 0 Å². The maximum absolute atomic E-state index is 6.11. The van der Waals surface area contributed by atoms with Gasteiger partial charge in [0, 0.05) is 13.2 Å². The smallest absolute Gasteiger partial charge is 0.0663 e. The van der Waals surface area contributed by atoms with Crippen LogP contribution in [0.2, 0.25) is 0 Å². The zero-order valence-electron chi connectivity index (χ0n) is 10.4. The lowest BCUT2D eigenvalue weighted by Crippen LogP contribution is -2.27. The number of hydrogen-bond donors (Lipinski definition) is 1. The fourth-order valence-corrected chi connectivity index (χ4v) is 1.99. The molecule has 0 aliphatic carbocycles. The van der Waals surface area contributed by atoms with Gasteiger partial charge in [0.2, 0.25) is 0 Å². The van der Waals surface area contributed by atoms with Crippen LogP contribution in [0.4, 0.5) is 0 Å². The van der Waals surface area contributed by atoms with E-state index in [-0.39, 0.29) is 6.04 Å². The molecule has 1 aromatic carbocycles. The Kier molecular flexibility index (Phi) is 4.54. The Morgan fingerprint density at radius 1 is 1.29 bits per heavy atom. The first-order valence-electron chi connectivity index (χ1n) is 6.27. The van der Waals surface area contributed by atoms with E-state index in [0.717, 1.165) is 31.6 Å². The molecule has 0 bridgehead atoms. The van der Waals surface area contributed by atoms with Crippen LogP contribution in [-0.2, 0) is 9.47 Å². The molecule has 3 nitrogen and oxygen atoms in total. The van der Waals surface area contributed by atoms with Gasteiger partial charge in [0.25, 0.3) is 0 Å². The van der Waals surface area contributed by atoms with E-state index >= 15 is 0 Å². The van der Waals surface area contributed by atoms with Crippen LogP contribution in [0.3, 0.4) is 0 Å². The van der Waals surface area contributed by atoms with Crippen LogP contribution in [0.1, 0.15) is 30.0 Å². The Morgan fingerprint density at radius 2 is 1.94 bits per heavy atom. The van der Waals surface area contributed by atoms with Gasteiger partial charge in [-0.15, -0.1) is 0 Å². The van der Waals surface area contributed by atoms with Gasteiger partial charge >= 0.3 is 0 Å². The van der Waals surface area contributed by atoms with Crippen LogP contribution >= 0.6 is 0 Å². The molecule has 0 aromatic heterocycles.